The first-order valence-electron chi connectivity index (χ1n) is 6.22. The molecular formula is C14H19NO4S. The summed E-state index contributed by atoms with van der Waals surface area (Å²) in [6, 6.07) is 4.98. The first kappa shape index (κ1) is 16.2. The molecule has 20 heavy (non-hydrogen) atoms. The Balaban J connectivity index is 2.90. The number of carboxylic acid groups (broad SMARTS) is 1. The summed E-state index contributed by atoms with van der Waals surface area (Å²) in [5, 5.41) is 8.58. The molecule has 0 spiro atoms. The molecule has 0 aliphatic rings. The number of anilines is 1. The monoisotopic (exact) mass is 297 g/mol. The summed E-state index contributed by atoms with van der Waals surface area (Å²) in [5.41, 5.74) is 2.02. The molecule has 0 fully saturated rings. The zero-order chi connectivity index (χ0) is 15.3. The van der Waals surface area contributed by atoms with Crippen LogP contribution in [-0.2, 0) is 14.8 Å². The largest absolute Gasteiger partial charge is 0.478 e. The van der Waals surface area contributed by atoms with E-state index >= 15 is 0 Å². The molecule has 110 valence electrons. The van der Waals surface area contributed by atoms with Crippen LogP contribution in [0.3, 0.4) is 0 Å². The van der Waals surface area contributed by atoms with Gasteiger partial charge in [0.2, 0.25) is 10.0 Å². The molecule has 0 unspecified atom stereocenters. The van der Waals surface area contributed by atoms with E-state index in [0.29, 0.717) is 5.69 Å². The molecule has 0 aromatic heterocycles. The van der Waals surface area contributed by atoms with Crippen molar-refractivity contribution in [2.24, 2.45) is 5.92 Å². The molecule has 0 amide bonds. The molecule has 0 atom stereocenters. The lowest BCUT2D eigenvalue weighted by molar-refractivity contribution is -0.131. The summed E-state index contributed by atoms with van der Waals surface area (Å²) in [5.74, 6) is -0.912. The van der Waals surface area contributed by atoms with Crippen LogP contribution in [0.15, 0.2) is 24.3 Å². The van der Waals surface area contributed by atoms with Gasteiger partial charge in [-0.25, -0.2) is 13.2 Å². The highest BCUT2D eigenvalue weighted by atomic mass is 32.2. The minimum Gasteiger partial charge on any atom is -0.478 e. The minimum atomic E-state index is -3.35. The van der Waals surface area contributed by atoms with Crippen LogP contribution < -0.4 is 4.72 Å². The fraction of sp³-hybridized carbons (Fsp3) is 0.357. The highest BCUT2D eigenvalue weighted by Crippen LogP contribution is 2.18. The molecule has 0 heterocycles. The van der Waals surface area contributed by atoms with Gasteiger partial charge in [0.15, 0.2) is 0 Å². The van der Waals surface area contributed by atoms with E-state index in [1.807, 2.05) is 13.8 Å². The SMILES string of the molecule is Cc1cc(NS(=O)(=O)CC(C)C)ccc1C=CC(=O)O. The van der Waals surface area contributed by atoms with Gasteiger partial charge in [-0.15, -0.1) is 0 Å². The second-order valence-electron chi connectivity index (χ2n) is 5.02. The van der Waals surface area contributed by atoms with Crippen molar-refractivity contribution in [2.45, 2.75) is 20.8 Å². The maximum atomic E-state index is 11.8. The van der Waals surface area contributed by atoms with E-state index in [2.05, 4.69) is 4.72 Å². The average Bonchev–Trinajstić information content (AvgIpc) is 2.24. The third-order valence-electron chi connectivity index (χ3n) is 2.50. The van der Waals surface area contributed by atoms with Crippen LogP contribution in [0.4, 0.5) is 5.69 Å². The number of sulfonamides is 1. The van der Waals surface area contributed by atoms with Crippen molar-refractivity contribution in [3.05, 3.63) is 35.4 Å². The molecule has 0 radical (unpaired) electrons. The third-order valence-corrected chi connectivity index (χ3v) is 4.15. The highest BCUT2D eigenvalue weighted by molar-refractivity contribution is 7.92. The maximum absolute atomic E-state index is 11.8. The van der Waals surface area contributed by atoms with Crippen LogP contribution in [0.1, 0.15) is 25.0 Å². The average molecular weight is 297 g/mol. The number of carboxylic acids is 1. The standard InChI is InChI=1S/C14H19NO4S/c1-10(2)9-20(18,19)15-13-6-4-12(11(3)8-13)5-7-14(16)17/h4-8,10,15H,9H2,1-3H3,(H,16,17). The van der Waals surface area contributed by atoms with E-state index in [1.54, 1.807) is 25.1 Å². The number of hydrogen-bond acceptors (Lipinski definition) is 3. The summed E-state index contributed by atoms with van der Waals surface area (Å²) in [4.78, 5) is 10.5. The summed E-state index contributed by atoms with van der Waals surface area (Å²) >= 11 is 0. The lowest BCUT2D eigenvalue weighted by atomic mass is 10.1. The Morgan fingerprint density at radius 2 is 2.05 bits per heavy atom. The van der Waals surface area contributed by atoms with Crippen LogP contribution >= 0.6 is 0 Å². The second kappa shape index (κ2) is 6.56. The maximum Gasteiger partial charge on any atom is 0.328 e. The van der Waals surface area contributed by atoms with Crippen molar-refractivity contribution in [1.29, 1.82) is 0 Å². The van der Waals surface area contributed by atoms with Gasteiger partial charge in [0, 0.05) is 11.8 Å². The number of carbonyl (C=O) groups is 1. The number of aliphatic carboxylic acids is 1. The first-order chi connectivity index (χ1) is 9.19. The number of benzene rings is 1. The van der Waals surface area contributed by atoms with Crippen molar-refractivity contribution >= 4 is 27.8 Å². The van der Waals surface area contributed by atoms with Gasteiger partial charge in [-0.1, -0.05) is 19.9 Å². The van der Waals surface area contributed by atoms with Crippen molar-refractivity contribution < 1.29 is 18.3 Å². The van der Waals surface area contributed by atoms with Crippen molar-refractivity contribution in [3.63, 3.8) is 0 Å². The van der Waals surface area contributed by atoms with Gasteiger partial charge in [0.1, 0.15) is 0 Å². The molecular weight excluding hydrogens is 278 g/mol. The first-order valence-corrected chi connectivity index (χ1v) is 7.87. The molecule has 0 saturated heterocycles. The van der Waals surface area contributed by atoms with Crippen molar-refractivity contribution in [1.82, 2.24) is 0 Å². The fourth-order valence-corrected chi connectivity index (χ4v) is 3.19. The quantitative estimate of drug-likeness (QED) is 0.790. The second-order valence-corrected chi connectivity index (χ2v) is 6.79. The predicted molar refractivity (Wildman–Crippen MR) is 80.1 cm³/mol. The predicted octanol–water partition coefficient (Wildman–Crippen LogP) is 2.49. The van der Waals surface area contributed by atoms with Crippen LogP contribution in [0, 0.1) is 12.8 Å². The summed E-state index contributed by atoms with van der Waals surface area (Å²) in [6.45, 7) is 5.47. The fourth-order valence-electron chi connectivity index (χ4n) is 1.75. The number of aryl methyl sites for hydroxylation is 1. The Morgan fingerprint density at radius 1 is 1.40 bits per heavy atom. The van der Waals surface area contributed by atoms with E-state index in [1.165, 1.54) is 6.08 Å². The van der Waals surface area contributed by atoms with Gasteiger partial charge in [-0.2, -0.15) is 0 Å². The third kappa shape index (κ3) is 5.44. The van der Waals surface area contributed by atoms with Crippen LogP contribution in [0.25, 0.3) is 6.08 Å². The van der Waals surface area contributed by atoms with E-state index in [9.17, 15) is 13.2 Å². The Labute approximate surface area is 119 Å². The van der Waals surface area contributed by atoms with E-state index < -0.39 is 16.0 Å². The van der Waals surface area contributed by atoms with Gasteiger partial charge in [-0.3, -0.25) is 4.72 Å². The molecule has 5 nitrogen and oxygen atoms in total. The van der Waals surface area contributed by atoms with E-state index in [0.717, 1.165) is 17.2 Å². The summed E-state index contributed by atoms with van der Waals surface area (Å²) in [6.07, 6.45) is 2.52. The molecule has 0 aliphatic carbocycles. The smallest absolute Gasteiger partial charge is 0.328 e. The Morgan fingerprint density at radius 3 is 2.55 bits per heavy atom. The zero-order valence-electron chi connectivity index (χ0n) is 11.8. The molecule has 2 N–H and O–H groups in total. The highest BCUT2D eigenvalue weighted by Gasteiger charge is 2.13. The summed E-state index contributed by atoms with van der Waals surface area (Å²) < 4.78 is 26.2. The number of hydrogen-bond donors (Lipinski definition) is 2. The Bertz CT molecular complexity index is 618. The normalized spacial score (nSPS) is 12.0. The molecule has 0 aliphatic heterocycles. The van der Waals surface area contributed by atoms with E-state index in [-0.39, 0.29) is 11.7 Å². The Kier molecular flexibility index (Phi) is 5.33. The van der Waals surface area contributed by atoms with Gasteiger partial charge in [0.05, 0.1) is 5.75 Å². The van der Waals surface area contributed by atoms with E-state index in [4.69, 9.17) is 5.11 Å². The number of rotatable bonds is 6. The molecule has 0 bridgehead atoms. The summed E-state index contributed by atoms with van der Waals surface area (Å²) in [7, 11) is -3.35. The molecule has 0 saturated carbocycles. The van der Waals surface area contributed by atoms with Crippen LogP contribution in [0.5, 0.6) is 0 Å². The van der Waals surface area contributed by atoms with Crippen LogP contribution in [-0.4, -0.2) is 25.2 Å². The topological polar surface area (TPSA) is 83.5 Å². The lowest BCUT2D eigenvalue weighted by Gasteiger charge is -2.11. The molecule has 6 heteroatoms. The Hall–Kier alpha value is -1.82. The minimum absolute atomic E-state index is 0.0476. The van der Waals surface area contributed by atoms with Gasteiger partial charge in [-0.05, 0) is 42.2 Å². The number of nitrogens with one attached hydrogen (secondary N) is 1. The molecule has 1 rings (SSSR count). The van der Waals surface area contributed by atoms with Crippen molar-refractivity contribution in [2.75, 3.05) is 10.5 Å². The molecule has 1 aromatic rings. The van der Waals surface area contributed by atoms with Crippen molar-refractivity contribution in [3.8, 4) is 0 Å². The molecule has 1 aromatic carbocycles. The lowest BCUT2D eigenvalue weighted by Crippen LogP contribution is -2.20. The van der Waals surface area contributed by atoms with Gasteiger partial charge < -0.3 is 5.11 Å². The van der Waals surface area contributed by atoms with Gasteiger partial charge >= 0.3 is 5.97 Å². The zero-order valence-corrected chi connectivity index (χ0v) is 12.6. The van der Waals surface area contributed by atoms with Crippen LogP contribution in [0.2, 0.25) is 0 Å². The van der Waals surface area contributed by atoms with Gasteiger partial charge in [0.25, 0.3) is 0 Å².